The molecule has 2 heterocycles. The molecular weight excluding hydrogens is 310 g/mol. The highest BCUT2D eigenvalue weighted by Crippen LogP contribution is 2.28. The van der Waals surface area contributed by atoms with E-state index in [9.17, 15) is 4.79 Å². The predicted octanol–water partition coefficient (Wildman–Crippen LogP) is 3.83. The molecule has 1 saturated carbocycles. The Balaban J connectivity index is 1.40. The number of carbonyl (C=O) groups excluding carboxylic acids is 1. The van der Waals surface area contributed by atoms with Crippen LogP contribution in [0.4, 0.5) is 0 Å². The van der Waals surface area contributed by atoms with E-state index >= 15 is 0 Å². The Labute approximate surface area is 152 Å². The van der Waals surface area contributed by atoms with Crippen molar-refractivity contribution in [2.45, 2.75) is 83.8 Å². The highest BCUT2D eigenvalue weighted by Gasteiger charge is 2.26. The van der Waals surface area contributed by atoms with Crippen molar-refractivity contribution in [1.29, 1.82) is 0 Å². The molecule has 2 atom stereocenters. The molecule has 138 valence electrons. The Bertz CT molecular complexity index is 568. The van der Waals surface area contributed by atoms with E-state index in [1.165, 1.54) is 36.8 Å². The van der Waals surface area contributed by atoms with Crippen LogP contribution in [0.15, 0.2) is 18.5 Å². The topological polar surface area (TPSA) is 45.2 Å². The van der Waals surface area contributed by atoms with Crippen molar-refractivity contribution in [2.75, 3.05) is 6.54 Å². The monoisotopic (exact) mass is 343 g/mol. The average Bonchev–Trinajstić information content (AvgIpc) is 3.09. The van der Waals surface area contributed by atoms with E-state index in [-0.39, 0.29) is 5.91 Å². The van der Waals surface area contributed by atoms with Gasteiger partial charge in [0, 0.05) is 44.0 Å². The Kier molecular flexibility index (Phi) is 6.46. The van der Waals surface area contributed by atoms with E-state index in [0.717, 1.165) is 38.3 Å². The van der Waals surface area contributed by atoms with Crippen LogP contribution in [-0.2, 0) is 11.3 Å². The van der Waals surface area contributed by atoms with Gasteiger partial charge in [-0.2, -0.15) is 0 Å². The molecule has 2 fully saturated rings. The van der Waals surface area contributed by atoms with Crippen LogP contribution >= 0.6 is 0 Å². The summed E-state index contributed by atoms with van der Waals surface area (Å²) < 4.78 is 0. The van der Waals surface area contributed by atoms with Crippen molar-refractivity contribution in [3.05, 3.63) is 29.6 Å². The summed E-state index contributed by atoms with van der Waals surface area (Å²) in [4.78, 5) is 19.1. The van der Waals surface area contributed by atoms with Gasteiger partial charge in [-0.15, -0.1) is 0 Å². The predicted molar refractivity (Wildman–Crippen MR) is 101 cm³/mol. The van der Waals surface area contributed by atoms with Crippen molar-refractivity contribution in [3.63, 3.8) is 0 Å². The second-order valence-electron chi connectivity index (χ2n) is 8.17. The zero-order chi connectivity index (χ0) is 17.6. The maximum atomic E-state index is 12.3. The van der Waals surface area contributed by atoms with Gasteiger partial charge in [0.05, 0.1) is 0 Å². The highest BCUT2D eigenvalue weighted by atomic mass is 16.1. The van der Waals surface area contributed by atoms with Gasteiger partial charge in [0.15, 0.2) is 0 Å². The van der Waals surface area contributed by atoms with Gasteiger partial charge >= 0.3 is 0 Å². The van der Waals surface area contributed by atoms with Crippen molar-refractivity contribution in [2.24, 2.45) is 5.92 Å². The third kappa shape index (κ3) is 5.53. The van der Waals surface area contributed by atoms with Gasteiger partial charge in [-0.3, -0.25) is 14.7 Å². The first-order valence-electron chi connectivity index (χ1n) is 10.0. The molecule has 1 aromatic heterocycles. The minimum absolute atomic E-state index is 0.264. The number of likely N-dealkylation sites (tertiary alicyclic amines) is 1. The van der Waals surface area contributed by atoms with Gasteiger partial charge in [-0.05, 0) is 50.2 Å². The van der Waals surface area contributed by atoms with E-state index < -0.39 is 0 Å². The number of piperidine rings is 1. The number of hydrogen-bond donors (Lipinski definition) is 1. The first kappa shape index (κ1) is 18.4. The molecule has 0 radical (unpaired) electrons. The Hall–Kier alpha value is -1.42. The second-order valence-corrected chi connectivity index (χ2v) is 8.17. The molecule has 0 aromatic carbocycles. The van der Waals surface area contributed by atoms with Crippen LogP contribution in [0.2, 0.25) is 0 Å². The summed E-state index contributed by atoms with van der Waals surface area (Å²) in [6.07, 6.45) is 13.2. The summed E-state index contributed by atoms with van der Waals surface area (Å²) in [6.45, 7) is 6.37. The number of carbonyl (C=O) groups is 1. The van der Waals surface area contributed by atoms with Crippen LogP contribution in [0.1, 0.15) is 69.4 Å². The molecule has 2 unspecified atom stereocenters. The van der Waals surface area contributed by atoms with Crippen molar-refractivity contribution < 1.29 is 4.79 Å². The maximum Gasteiger partial charge on any atom is 0.220 e. The van der Waals surface area contributed by atoms with Gasteiger partial charge in [0.2, 0.25) is 5.91 Å². The first-order chi connectivity index (χ1) is 12.1. The zero-order valence-electron chi connectivity index (χ0n) is 15.8. The Morgan fingerprint density at radius 3 is 2.80 bits per heavy atom. The minimum atomic E-state index is 0.264. The molecule has 1 N–H and O–H groups in total. The molecule has 0 spiro atoms. The fourth-order valence-electron chi connectivity index (χ4n) is 4.46. The number of nitrogens with zero attached hydrogens (tertiary/aromatic N) is 2. The molecule has 1 aromatic rings. The van der Waals surface area contributed by atoms with Crippen LogP contribution in [0.5, 0.6) is 0 Å². The number of rotatable bonds is 6. The number of nitrogens with one attached hydrogen (secondary N) is 1. The van der Waals surface area contributed by atoms with Crippen LogP contribution < -0.4 is 5.32 Å². The lowest BCUT2D eigenvalue weighted by molar-refractivity contribution is -0.122. The number of hydrogen-bond acceptors (Lipinski definition) is 3. The SMILES string of the molecule is Cc1cncc(CN2CCC(NC(=O)CCC3CCCC3)CC2C)c1. The second kappa shape index (κ2) is 8.79. The third-order valence-electron chi connectivity index (χ3n) is 5.95. The lowest BCUT2D eigenvalue weighted by Crippen LogP contribution is -2.48. The van der Waals surface area contributed by atoms with Crippen molar-refractivity contribution in [3.8, 4) is 0 Å². The van der Waals surface area contributed by atoms with Gasteiger partial charge in [-0.1, -0.05) is 31.7 Å². The van der Waals surface area contributed by atoms with Crippen LogP contribution in [-0.4, -0.2) is 34.4 Å². The minimum Gasteiger partial charge on any atom is -0.353 e. The van der Waals surface area contributed by atoms with Crippen molar-refractivity contribution >= 4 is 5.91 Å². The van der Waals surface area contributed by atoms with Crippen LogP contribution in [0.3, 0.4) is 0 Å². The molecule has 1 aliphatic carbocycles. The number of amides is 1. The van der Waals surface area contributed by atoms with Gasteiger partial charge in [-0.25, -0.2) is 0 Å². The molecule has 1 amide bonds. The number of pyridine rings is 1. The van der Waals surface area contributed by atoms with Crippen molar-refractivity contribution in [1.82, 2.24) is 15.2 Å². The normalized spacial score (nSPS) is 25.2. The van der Waals surface area contributed by atoms with Crippen LogP contribution in [0, 0.1) is 12.8 Å². The average molecular weight is 344 g/mol. The molecule has 25 heavy (non-hydrogen) atoms. The highest BCUT2D eigenvalue weighted by molar-refractivity contribution is 5.76. The largest absolute Gasteiger partial charge is 0.353 e. The van der Waals surface area contributed by atoms with E-state index in [1.54, 1.807) is 0 Å². The molecule has 1 saturated heterocycles. The van der Waals surface area contributed by atoms with Gasteiger partial charge < -0.3 is 5.32 Å². The third-order valence-corrected chi connectivity index (χ3v) is 5.95. The summed E-state index contributed by atoms with van der Waals surface area (Å²) >= 11 is 0. The fraction of sp³-hybridized carbons (Fsp3) is 0.714. The molecule has 2 aliphatic rings. The van der Waals surface area contributed by atoms with E-state index in [4.69, 9.17) is 0 Å². The van der Waals surface area contributed by atoms with Gasteiger partial charge in [0.1, 0.15) is 0 Å². The summed E-state index contributed by atoms with van der Waals surface area (Å²) in [6, 6.07) is 3.06. The first-order valence-corrected chi connectivity index (χ1v) is 10.0. The lowest BCUT2D eigenvalue weighted by Gasteiger charge is -2.38. The number of aryl methyl sites for hydroxylation is 1. The molecule has 4 heteroatoms. The summed E-state index contributed by atoms with van der Waals surface area (Å²) in [5, 5.41) is 3.29. The molecular formula is C21H33N3O. The van der Waals surface area contributed by atoms with Crippen LogP contribution in [0.25, 0.3) is 0 Å². The summed E-state index contributed by atoms with van der Waals surface area (Å²) in [5.41, 5.74) is 2.50. The Morgan fingerprint density at radius 2 is 2.08 bits per heavy atom. The molecule has 1 aliphatic heterocycles. The summed E-state index contributed by atoms with van der Waals surface area (Å²) in [5.74, 6) is 1.06. The van der Waals surface area contributed by atoms with E-state index in [1.807, 2.05) is 12.4 Å². The summed E-state index contributed by atoms with van der Waals surface area (Å²) in [7, 11) is 0. The molecule has 4 nitrogen and oxygen atoms in total. The fourth-order valence-corrected chi connectivity index (χ4v) is 4.46. The Morgan fingerprint density at radius 1 is 1.28 bits per heavy atom. The molecule has 0 bridgehead atoms. The smallest absolute Gasteiger partial charge is 0.220 e. The zero-order valence-corrected chi connectivity index (χ0v) is 15.8. The quantitative estimate of drug-likeness (QED) is 0.854. The number of aromatic nitrogens is 1. The maximum absolute atomic E-state index is 12.3. The lowest BCUT2D eigenvalue weighted by atomic mass is 9.96. The van der Waals surface area contributed by atoms with Gasteiger partial charge in [0.25, 0.3) is 0 Å². The van der Waals surface area contributed by atoms with E-state index in [0.29, 0.717) is 18.5 Å². The van der Waals surface area contributed by atoms with E-state index in [2.05, 4.69) is 35.1 Å². The molecule has 3 rings (SSSR count). The standard InChI is InChI=1S/C21H33N3O/c1-16-11-19(14-22-13-16)15-24-10-9-20(12-17(24)2)23-21(25)8-7-18-5-3-4-6-18/h11,13-14,17-18,20H,3-10,12,15H2,1-2H3,(H,23,25).